The summed E-state index contributed by atoms with van der Waals surface area (Å²) in [4.78, 5) is 175. The van der Waals surface area contributed by atoms with Crippen LogP contribution in [0.5, 0.6) is 0 Å². The minimum Gasteiger partial charge on any atom is -0.390 e. The van der Waals surface area contributed by atoms with Crippen molar-refractivity contribution in [2.45, 2.75) is 252 Å². The molecule has 2 rings (SSSR count). The molecule has 11 amide bonds. The standard InChI is InChI=1S/C68H122N12O13S/c1-27-29-30-43(13)54(81)53-58(85)71-46(28-2)60(87)80(26)66(94-37-68(31-32-68)73(18)19)65(92)77(23)50(36-67(16,17)93)57(84)72-51(41(9)10)63(90)74(20)47(33-38(3)4)56(83)69-44(14)55(82)70-45(15)59(86)75(21)48(34-39(5)6)61(88)76(22)49(35-40(7)8)62(89)78(24)52(42(11)12)64(91)79(53)25/h27,29,38-54,66,81,93H,28,30-37H2,1-26H3,(H,69,83)(H,70,82)(H,71,85)(H,72,84)/b29-27+/t43-,44-,45+,46-,47-,48-,49-,50+,51-,52-,53?,54-,66?/m1/s1. The van der Waals surface area contributed by atoms with E-state index in [0.717, 1.165) is 34.4 Å². The molecule has 1 saturated carbocycles. The second-order valence-corrected chi connectivity index (χ2v) is 30.5. The molecule has 0 aromatic rings. The van der Waals surface area contributed by atoms with Crippen molar-refractivity contribution in [3.63, 3.8) is 0 Å². The SMILES string of the molecule is C/C=C/C[C@@H](C)[C@@H](O)C1C(=O)N[C@H](CC)C(=O)N(C)C(SCC2(N(C)C)CC2)C(=O)N(C)[C@@H](CC(C)(C)O)C(=O)N[C@H](C(C)C)C(=O)N(C)[C@H](CC(C)C)C(=O)N[C@H](C)C(=O)N[C@@H](C)C(=O)N(C)[C@H](CC(C)C)C(=O)N(C)[C@H](CC(C)C)C(=O)N(C)[C@H](C(C)C)C(=O)N1C. The topological polar surface area (TPSA) is 302 Å². The van der Waals surface area contributed by atoms with E-state index < -0.39 is 160 Å². The highest BCUT2D eigenvalue weighted by Gasteiger charge is 2.49. The van der Waals surface area contributed by atoms with Crippen LogP contribution in [0.3, 0.4) is 0 Å². The number of amides is 11. The lowest BCUT2D eigenvalue weighted by atomic mass is 9.91. The molecule has 0 aromatic carbocycles. The van der Waals surface area contributed by atoms with Gasteiger partial charge in [0, 0.05) is 67.0 Å². The molecule has 6 N–H and O–H groups in total. The fraction of sp³-hybridized carbons (Fsp3) is 0.809. The number of likely N-dealkylation sites (N-methyl/N-ethyl adjacent to an activating group) is 7. The Morgan fingerprint density at radius 1 is 0.543 bits per heavy atom. The smallest absolute Gasteiger partial charge is 0.256 e. The summed E-state index contributed by atoms with van der Waals surface area (Å²) in [7, 11) is 13.7. The number of nitrogens with zero attached hydrogens (tertiary/aromatic N) is 8. The Hall–Kier alpha value is -5.86. The van der Waals surface area contributed by atoms with Gasteiger partial charge >= 0.3 is 0 Å². The number of aliphatic hydroxyl groups is 2. The van der Waals surface area contributed by atoms with Gasteiger partial charge in [0.1, 0.15) is 60.4 Å². The molecule has 1 heterocycles. The Labute approximate surface area is 566 Å². The predicted octanol–water partition coefficient (Wildman–Crippen LogP) is 3.54. The number of carbonyl (C=O) groups excluding carboxylic acids is 11. The lowest BCUT2D eigenvalue weighted by Gasteiger charge is -2.41. The van der Waals surface area contributed by atoms with Crippen LogP contribution in [0.15, 0.2) is 12.2 Å². The van der Waals surface area contributed by atoms with E-state index in [1.54, 1.807) is 54.5 Å². The first kappa shape index (κ1) is 84.2. The number of rotatable bonds is 19. The number of hydrogen-bond donors (Lipinski definition) is 6. The first-order valence-corrected chi connectivity index (χ1v) is 34.7. The lowest BCUT2D eigenvalue weighted by Crippen LogP contribution is -2.64. The molecule has 26 heteroatoms. The van der Waals surface area contributed by atoms with Gasteiger partial charge in [-0.3, -0.25) is 52.7 Å². The summed E-state index contributed by atoms with van der Waals surface area (Å²) in [5.74, 6) is -9.93. The zero-order valence-electron chi connectivity index (χ0n) is 61.8. The second-order valence-electron chi connectivity index (χ2n) is 29.5. The van der Waals surface area contributed by atoms with Gasteiger partial charge in [0.25, 0.3) is 5.91 Å². The number of hydrogen-bond acceptors (Lipinski definition) is 15. The van der Waals surface area contributed by atoms with E-state index in [0.29, 0.717) is 5.75 Å². The maximum atomic E-state index is 15.4. The third-order valence-electron chi connectivity index (χ3n) is 18.5. The fourth-order valence-corrected chi connectivity index (χ4v) is 13.6. The summed E-state index contributed by atoms with van der Waals surface area (Å²) in [6, 6.07) is -13.1. The summed E-state index contributed by atoms with van der Waals surface area (Å²) in [6.45, 7) is 29.0. The van der Waals surface area contributed by atoms with Crippen molar-refractivity contribution in [3.05, 3.63) is 12.2 Å². The third-order valence-corrected chi connectivity index (χ3v) is 20.0. The van der Waals surface area contributed by atoms with Crippen LogP contribution in [0.4, 0.5) is 0 Å². The van der Waals surface area contributed by atoms with Crippen molar-refractivity contribution in [2.75, 3.05) is 69.2 Å². The van der Waals surface area contributed by atoms with E-state index in [1.807, 2.05) is 66.6 Å². The highest BCUT2D eigenvalue weighted by Crippen LogP contribution is 2.44. The molecule has 94 heavy (non-hydrogen) atoms. The van der Waals surface area contributed by atoms with Crippen molar-refractivity contribution < 1.29 is 63.0 Å². The molecule has 1 aliphatic heterocycles. The Morgan fingerprint density at radius 3 is 1.44 bits per heavy atom. The zero-order valence-corrected chi connectivity index (χ0v) is 62.6. The summed E-state index contributed by atoms with van der Waals surface area (Å²) in [5, 5.41) is 33.4. The summed E-state index contributed by atoms with van der Waals surface area (Å²) in [6.07, 6.45) is 3.95. The van der Waals surface area contributed by atoms with Gasteiger partial charge in [-0.25, -0.2) is 0 Å². The predicted molar refractivity (Wildman–Crippen MR) is 367 cm³/mol. The van der Waals surface area contributed by atoms with Crippen LogP contribution in [0.1, 0.15) is 169 Å². The number of carbonyl (C=O) groups is 11. The first-order valence-electron chi connectivity index (χ1n) is 33.7. The Balaban J connectivity index is 3.14. The number of thioether (sulfide) groups is 1. The average molecular weight is 1350 g/mol. The van der Waals surface area contributed by atoms with Crippen molar-refractivity contribution >= 4 is 76.7 Å². The normalized spacial score (nSPS) is 27.6. The number of allylic oxidation sites excluding steroid dienone is 2. The number of nitrogens with one attached hydrogen (secondary N) is 4. The van der Waals surface area contributed by atoms with Crippen LogP contribution in [-0.2, 0) is 52.7 Å². The molecule has 0 bridgehead atoms. The third kappa shape index (κ3) is 22.6. The summed E-state index contributed by atoms with van der Waals surface area (Å²) in [5.41, 5.74) is -1.92. The molecule has 0 spiro atoms. The molecule has 0 aromatic heterocycles. The molecular weight excluding hydrogens is 1220 g/mol. The summed E-state index contributed by atoms with van der Waals surface area (Å²) >= 11 is 1.16. The van der Waals surface area contributed by atoms with Crippen LogP contribution < -0.4 is 21.3 Å². The monoisotopic (exact) mass is 1350 g/mol. The minimum absolute atomic E-state index is 0.0283. The largest absolute Gasteiger partial charge is 0.390 e. The Bertz CT molecular complexity index is 2640. The molecule has 2 aliphatic rings. The molecule has 1 aliphatic carbocycles. The van der Waals surface area contributed by atoms with Gasteiger partial charge in [-0.2, -0.15) is 0 Å². The minimum atomic E-state index is -1.66. The maximum Gasteiger partial charge on any atom is 0.256 e. The van der Waals surface area contributed by atoms with E-state index in [1.165, 1.54) is 102 Å². The quantitative estimate of drug-likeness (QED) is 0.101. The van der Waals surface area contributed by atoms with Crippen LogP contribution >= 0.6 is 11.8 Å². The van der Waals surface area contributed by atoms with Crippen molar-refractivity contribution in [3.8, 4) is 0 Å². The average Bonchev–Trinajstić information content (AvgIpc) is 1.48. The van der Waals surface area contributed by atoms with Crippen LogP contribution in [0, 0.1) is 35.5 Å². The van der Waals surface area contributed by atoms with Gasteiger partial charge in [0.15, 0.2) is 5.37 Å². The molecule has 13 atom stereocenters. The molecule has 0 radical (unpaired) electrons. The van der Waals surface area contributed by atoms with Gasteiger partial charge in [-0.05, 0) is 129 Å². The van der Waals surface area contributed by atoms with Gasteiger partial charge in [-0.15, -0.1) is 11.8 Å². The van der Waals surface area contributed by atoms with Crippen LogP contribution in [0.25, 0.3) is 0 Å². The summed E-state index contributed by atoms with van der Waals surface area (Å²) < 4.78 is 0. The second kappa shape index (κ2) is 36.5. The zero-order chi connectivity index (χ0) is 72.7. The van der Waals surface area contributed by atoms with Crippen LogP contribution in [0.2, 0.25) is 0 Å². The molecule has 1 saturated heterocycles. The van der Waals surface area contributed by atoms with Crippen LogP contribution in [-0.4, -0.2) is 267 Å². The molecule has 2 fully saturated rings. The highest BCUT2D eigenvalue weighted by atomic mass is 32.2. The van der Waals surface area contributed by atoms with Gasteiger partial charge in [0.2, 0.25) is 59.1 Å². The maximum absolute atomic E-state index is 15.4. The van der Waals surface area contributed by atoms with E-state index in [9.17, 15) is 29.4 Å². The fourth-order valence-electron chi connectivity index (χ4n) is 12.0. The lowest BCUT2D eigenvalue weighted by molar-refractivity contribution is -0.157. The van der Waals surface area contributed by atoms with Crippen molar-refractivity contribution in [1.82, 2.24) is 60.5 Å². The molecule has 25 nitrogen and oxygen atoms in total. The Morgan fingerprint density at radius 2 is 0.989 bits per heavy atom. The van der Waals surface area contributed by atoms with E-state index in [4.69, 9.17) is 0 Å². The van der Waals surface area contributed by atoms with Gasteiger partial charge in [-0.1, -0.05) is 95.2 Å². The van der Waals surface area contributed by atoms with E-state index in [-0.39, 0.29) is 61.8 Å². The van der Waals surface area contributed by atoms with Gasteiger partial charge < -0.3 is 70.7 Å². The Kier molecular flexibility index (Phi) is 32.7. The van der Waals surface area contributed by atoms with E-state index in [2.05, 4.69) is 21.3 Å². The molecule has 538 valence electrons. The van der Waals surface area contributed by atoms with Crippen molar-refractivity contribution in [2.24, 2.45) is 35.5 Å². The molecular formula is C68H122N12O13S. The van der Waals surface area contributed by atoms with Crippen molar-refractivity contribution in [1.29, 1.82) is 0 Å². The van der Waals surface area contributed by atoms with E-state index >= 15 is 33.6 Å². The molecule has 2 unspecified atom stereocenters. The number of aliphatic hydroxyl groups excluding tert-OH is 1. The first-order chi connectivity index (χ1) is 43.3. The highest BCUT2D eigenvalue weighted by molar-refractivity contribution is 8.00. The van der Waals surface area contributed by atoms with Gasteiger partial charge in [0.05, 0.1) is 11.7 Å².